The van der Waals surface area contributed by atoms with Crippen LogP contribution in [0.2, 0.25) is 0 Å². The first-order chi connectivity index (χ1) is 8.87. The molecule has 0 radical (unpaired) electrons. The predicted octanol–water partition coefficient (Wildman–Crippen LogP) is 0.265. The number of hydrogen-bond acceptors (Lipinski definition) is 5. The van der Waals surface area contributed by atoms with Crippen molar-refractivity contribution in [3.63, 3.8) is 0 Å². The molecule has 0 aromatic rings. The number of nitrogens with two attached hydrogens (primary N) is 1. The van der Waals surface area contributed by atoms with Gasteiger partial charge in [0.05, 0.1) is 13.2 Å². The van der Waals surface area contributed by atoms with Gasteiger partial charge >= 0.3 is 6.09 Å². The molecule has 0 spiro atoms. The summed E-state index contributed by atoms with van der Waals surface area (Å²) in [6.07, 6.45) is -0.265. The number of nitrogens with zero attached hydrogens (tertiary/aromatic N) is 2. The van der Waals surface area contributed by atoms with E-state index in [1.165, 1.54) is 0 Å². The molecule has 1 amide bonds. The average molecular weight is 271 g/mol. The normalized spacial score (nSPS) is 29.6. The highest BCUT2D eigenvalue weighted by atomic mass is 16.6. The molecule has 2 heterocycles. The van der Waals surface area contributed by atoms with Crippen molar-refractivity contribution < 1.29 is 14.3 Å². The molecule has 0 unspecified atom stereocenters. The molecule has 6 nitrogen and oxygen atoms in total. The number of rotatable bonds is 1. The molecule has 6 heteroatoms. The van der Waals surface area contributed by atoms with Crippen molar-refractivity contribution in [3.8, 4) is 0 Å². The number of amides is 1. The van der Waals surface area contributed by atoms with Crippen LogP contribution in [-0.4, -0.2) is 73.0 Å². The smallest absolute Gasteiger partial charge is 0.410 e. The maximum absolute atomic E-state index is 12.0. The third-order valence-electron chi connectivity index (χ3n) is 3.50. The number of carbonyl (C=O) groups is 1. The average Bonchev–Trinajstić information content (AvgIpc) is 2.70. The van der Waals surface area contributed by atoms with Crippen LogP contribution in [0, 0.1) is 0 Å². The lowest BCUT2D eigenvalue weighted by Crippen LogP contribution is -2.51. The van der Waals surface area contributed by atoms with Crippen molar-refractivity contribution in [2.75, 3.05) is 39.4 Å². The molecule has 2 fully saturated rings. The van der Waals surface area contributed by atoms with Crippen LogP contribution in [0.25, 0.3) is 0 Å². The Morgan fingerprint density at radius 3 is 2.47 bits per heavy atom. The summed E-state index contributed by atoms with van der Waals surface area (Å²) >= 11 is 0. The SMILES string of the molecule is CC(C)(C)OC(=O)N1C[C@@H](N)[C@@H](N2CCOCC2)C1. The lowest BCUT2D eigenvalue weighted by atomic mass is 10.1. The van der Waals surface area contributed by atoms with Crippen molar-refractivity contribution in [1.82, 2.24) is 9.80 Å². The van der Waals surface area contributed by atoms with Crippen LogP contribution >= 0.6 is 0 Å². The summed E-state index contributed by atoms with van der Waals surface area (Å²) in [7, 11) is 0. The van der Waals surface area contributed by atoms with Crippen molar-refractivity contribution in [3.05, 3.63) is 0 Å². The van der Waals surface area contributed by atoms with E-state index in [0.717, 1.165) is 26.3 Å². The van der Waals surface area contributed by atoms with Gasteiger partial charge in [-0.1, -0.05) is 0 Å². The first-order valence-corrected chi connectivity index (χ1v) is 6.92. The minimum atomic E-state index is -0.460. The third-order valence-corrected chi connectivity index (χ3v) is 3.50. The van der Waals surface area contributed by atoms with E-state index >= 15 is 0 Å². The van der Waals surface area contributed by atoms with Crippen molar-refractivity contribution in [2.45, 2.75) is 38.5 Å². The fourth-order valence-electron chi connectivity index (χ4n) is 2.58. The van der Waals surface area contributed by atoms with Crippen LogP contribution in [0.1, 0.15) is 20.8 Å². The predicted molar refractivity (Wildman–Crippen MR) is 72.0 cm³/mol. The standard InChI is InChI=1S/C13H25N3O3/c1-13(2,3)19-12(17)16-8-10(14)11(9-16)15-4-6-18-7-5-15/h10-11H,4-9,14H2,1-3H3/t10-,11+/m1/s1. The van der Waals surface area contributed by atoms with E-state index in [9.17, 15) is 4.79 Å². The van der Waals surface area contributed by atoms with Gasteiger partial charge in [0.2, 0.25) is 0 Å². The molecule has 0 bridgehead atoms. The second-order valence-corrected chi connectivity index (χ2v) is 6.26. The molecule has 2 N–H and O–H groups in total. The second kappa shape index (κ2) is 5.64. The van der Waals surface area contributed by atoms with E-state index in [0.29, 0.717) is 13.1 Å². The summed E-state index contributed by atoms with van der Waals surface area (Å²) in [6.45, 7) is 10.1. The Balaban J connectivity index is 1.91. The zero-order valence-electron chi connectivity index (χ0n) is 12.1. The Morgan fingerprint density at radius 1 is 1.26 bits per heavy atom. The van der Waals surface area contributed by atoms with Crippen LogP contribution in [0.3, 0.4) is 0 Å². The summed E-state index contributed by atoms with van der Waals surface area (Å²) in [5.41, 5.74) is 5.71. The second-order valence-electron chi connectivity index (χ2n) is 6.26. The number of hydrogen-bond donors (Lipinski definition) is 1. The van der Waals surface area contributed by atoms with E-state index in [1.807, 2.05) is 20.8 Å². The van der Waals surface area contributed by atoms with Gasteiger partial charge in [-0.2, -0.15) is 0 Å². The third kappa shape index (κ3) is 3.81. The number of likely N-dealkylation sites (tertiary alicyclic amines) is 1. The number of morpholine rings is 1. The summed E-state index contributed by atoms with van der Waals surface area (Å²) in [6, 6.07) is 0.210. The summed E-state index contributed by atoms with van der Waals surface area (Å²) in [5, 5.41) is 0. The first kappa shape index (κ1) is 14.6. The Morgan fingerprint density at radius 2 is 1.89 bits per heavy atom. The van der Waals surface area contributed by atoms with E-state index in [4.69, 9.17) is 15.2 Å². The van der Waals surface area contributed by atoms with Gasteiger partial charge < -0.3 is 20.1 Å². The quantitative estimate of drug-likeness (QED) is 0.741. The van der Waals surface area contributed by atoms with Crippen LogP contribution in [0.4, 0.5) is 4.79 Å². The van der Waals surface area contributed by atoms with Crippen molar-refractivity contribution in [2.24, 2.45) is 5.73 Å². The zero-order chi connectivity index (χ0) is 14.0. The highest BCUT2D eigenvalue weighted by Gasteiger charge is 2.38. The molecule has 19 heavy (non-hydrogen) atoms. The van der Waals surface area contributed by atoms with E-state index in [-0.39, 0.29) is 18.2 Å². The minimum absolute atomic E-state index is 0.00869. The molecule has 2 saturated heterocycles. The maximum Gasteiger partial charge on any atom is 0.410 e. The lowest BCUT2D eigenvalue weighted by molar-refractivity contribution is 0.0117. The fourth-order valence-corrected chi connectivity index (χ4v) is 2.58. The number of ether oxygens (including phenoxy) is 2. The summed E-state index contributed by atoms with van der Waals surface area (Å²) in [5.74, 6) is 0. The molecule has 0 aromatic carbocycles. The molecule has 2 aliphatic rings. The summed E-state index contributed by atoms with van der Waals surface area (Å²) in [4.78, 5) is 16.1. The molecule has 110 valence electrons. The lowest BCUT2D eigenvalue weighted by Gasteiger charge is -2.33. The van der Waals surface area contributed by atoms with Gasteiger partial charge in [0.1, 0.15) is 5.60 Å². The molecule has 0 saturated carbocycles. The van der Waals surface area contributed by atoms with Crippen molar-refractivity contribution in [1.29, 1.82) is 0 Å². The van der Waals surface area contributed by atoms with Gasteiger partial charge in [-0.25, -0.2) is 4.79 Å². The molecule has 2 atom stereocenters. The first-order valence-electron chi connectivity index (χ1n) is 6.92. The molecule has 0 aromatic heterocycles. The molecule has 2 rings (SSSR count). The van der Waals surface area contributed by atoms with Gasteiger partial charge in [0, 0.05) is 38.3 Å². The van der Waals surface area contributed by atoms with Crippen LogP contribution in [0.5, 0.6) is 0 Å². The Kier molecular flexibility index (Phi) is 4.32. The Bertz CT molecular complexity index is 324. The maximum atomic E-state index is 12.0. The highest BCUT2D eigenvalue weighted by Crippen LogP contribution is 2.19. The van der Waals surface area contributed by atoms with E-state index in [2.05, 4.69) is 4.90 Å². The van der Waals surface area contributed by atoms with Gasteiger partial charge in [0.25, 0.3) is 0 Å². The van der Waals surface area contributed by atoms with E-state index in [1.54, 1.807) is 4.90 Å². The topological polar surface area (TPSA) is 68.0 Å². The Labute approximate surface area is 114 Å². The minimum Gasteiger partial charge on any atom is -0.444 e. The molecular formula is C13H25N3O3. The fraction of sp³-hybridized carbons (Fsp3) is 0.923. The zero-order valence-corrected chi connectivity index (χ0v) is 12.1. The van der Waals surface area contributed by atoms with Crippen molar-refractivity contribution >= 4 is 6.09 Å². The summed E-state index contributed by atoms with van der Waals surface area (Å²) < 4.78 is 10.7. The van der Waals surface area contributed by atoms with Gasteiger partial charge in [-0.15, -0.1) is 0 Å². The van der Waals surface area contributed by atoms with Gasteiger partial charge in [0.15, 0.2) is 0 Å². The van der Waals surface area contributed by atoms with Gasteiger partial charge in [-0.3, -0.25) is 4.90 Å². The Hall–Kier alpha value is -0.850. The van der Waals surface area contributed by atoms with Gasteiger partial charge in [-0.05, 0) is 20.8 Å². The molecule has 2 aliphatic heterocycles. The van der Waals surface area contributed by atoms with E-state index < -0.39 is 5.60 Å². The van der Waals surface area contributed by atoms with Crippen LogP contribution < -0.4 is 5.73 Å². The highest BCUT2D eigenvalue weighted by molar-refractivity contribution is 5.68. The van der Waals surface area contributed by atoms with Crippen LogP contribution in [-0.2, 0) is 9.47 Å². The molecule has 0 aliphatic carbocycles. The number of carbonyl (C=O) groups excluding carboxylic acids is 1. The van der Waals surface area contributed by atoms with Crippen LogP contribution in [0.15, 0.2) is 0 Å². The monoisotopic (exact) mass is 271 g/mol. The largest absolute Gasteiger partial charge is 0.444 e. The molecular weight excluding hydrogens is 246 g/mol.